The molecule has 0 bridgehead atoms. The molecule has 108 valence electrons. The van der Waals surface area contributed by atoms with E-state index in [1.807, 2.05) is 36.4 Å². The number of rotatable bonds is 8. The normalized spacial score (nSPS) is 13.2. The van der Waals surface area contributed by atoms with Crippen LogP contribution in [0.2, 0.25) is 0 Å². The zero-order valence-electron chi connectivity index (χ0n) is 11.6. The molecule has 1 rings (SSSR count). The Labute approximate surface area is 119 Å². The van der Waals surface area contributed by atoms with E-state index in [0.29, 0.717) is 0 Å². The molecule has 6 heteroatoms. The van der Waals surface area contributed by atoms with E-state index < -0.39 is 13.9 Å². The monoisotopic (exact) mass is 295 g/mol. The smallest absolute Gasteiger partial charge is 0.287 e. The molecular formula is C14H18NO4P. The van der Waals surface area contributed by atoms with Crippen LogP contribution in [0.5, 0.6) is 0 Å². The minimum absolute atomic E-state index is 0.178. The fourth-order valence-corrected chi connectivity index (χ4v) is 2.64. The number of hydrogen-bond acceptors (Lipinski definition) is 5. The summed E-state index contributed by atoms with van der Waals surface area (Å²) >= 11 is 0. The van der Waals surface area contributed by atoms with Crippen LogP contribution >= 0.6 is 7.82 Å². The molecule has 0 radical (unpaired) electrons. The molecule has 20 heavy (non-hydrogen) atoms. The Hall–Kier alpha value is -1.44. The lowest BCUT2D eigenvalue weighted by molar-refractivity contribution is 0.116. The molecule has 0 N–H and O–H groups in total. The van der Waals surface area contributed by atoms with Gasteiger partial charge in [0.1, 0.15) is 0 Å². The van der Waals surface area contributed by atoms with Gasteiger partial charge in [0.2, 0.25) is 0 Å². The molecule has 0 amide bonds. The molecule has 0 saturated heterocycles. The Balaban J connectivity index is 2.74. The lowest BCUT2D eigenvalue weighted by Crippen LogP contribution is -2.09. The highest BCUT2D eigenvalue weighted by atomic mass is 31.2. The number of phosphoric ester groups is 1. The largest absolute Gasteiger partial charge is 0.476 e. The van der Waals surface area contributed by atoms with Crippen molar-refractivity contribution in [1.29, 1.82) is 5.26 Å². The van der Waals surface area contributed by atoms with Gasteiger partial charge in [0.05, 0.1) is 19.3 Å². The minimum atomic E-state index is -3.69. The number of benzene rings is 1. The summed E-state index contributed by atoms with van der Waals surface area (Å²) in [7, 11) is -3.69. The molecule has 0 unspecified atom stereocenters. The van der Waals surface area contributed by atoms with Gasteiger partial charge in [-0.05, 0) is 25.5 Å². The maximum absolute atomic E-state index is 12.1. The first-order chi connectivity index (χ1) is 9.63. The fraction of sp³-hybridized carbons (Fsp3) is 0.357. The summed E-state index contributed by atoms with van der Waals surface area (Å²) in [5.74, 6) is 0. The third kappa shape index (κ3) is 5.68. The maximum Gasteiger partial charge on any atom is 0.476 e. The van der Waals surface area contributed by atoms with Crippen molar-refractivity contribution in [3.63, 3.8) is 0 Å². The van der Waals surface area contributed by atoms with Crippen LogP contribution in [0.15, 0.2) is 36.4 Å². The molecule has 1 aromatic rings. The molecule has 0 saturated carbocycles. The van der Waals surface area contributed by atoms with Crippen molar-refractivity contribution in [2.24, 2.45) is 0 Å². The quantitative estimate of drug-likeness (QED) is 0.682. The fourth-order valence-electron chi connectivity index (χ4n) is 1.42. The van der Waals surface area contributed by atoms with E-state index in [9.17, 15) is 4.57 Å². The summed E-state index contributed by atoms with van der Waals surface area (Å²) in [5, 5.41) is 9.05. The molecule has 5 nitrogen and oxygen atoms in total. The van der Waals surface area contributed by atoms with E-state index in [1.54, 1.807) is 19.9 Å². The standard InChI is InChI=1S/C14H18NO4P/c1-3-17-20(16,18-4-2)19-14(12-15)11-10-13-8-6-5-7-9-13/h5-11,14H,3-4H2,1-2H3/b11-10+/t14-/m1/s1. The van der Waals surface area contributed by atoms with Crippen LogP contribution in [0.3, 0.4) is 0 Å². The van der Waals surface area contributed by atoms with E-state index in [4.69, 9.17) is 18.8 Å². The van der Waals surface area contributed by atoms with Gasteiger partial charge in [0.25, 0.3) is 0 Å². The SMILES string of the molecule is CCOP(=O)(OCC)O[C@@H](C#N)/C=C/c1ccccc1. The van der Waals surface area contributed by atoms with Gasteiger partial charge < -0.3 is 0 Å². The summed E-state index contributed by atoms with van der Waals surface area (Å²) in [6, 6.07) is 11.3. The first-order valence-corrected chi connectivity index (χ1v) is 7.80. The Morgan fingerprint density at radius 1 is 1.25 bits per heavy atom. The van der Waals surface area contributed by atoms with Gasteiger partial charge in [-0.3, -0.25) is 13.6 Å². The Morgan fingerprint density at radius 3 is 2.35 bits per heavy atom. The van der Waals surface area contributed by atoms with Gasteiger partial charge in [-0.15, -0.1) is 0 Å². The average Bonchev–Trinajstić information content (AvgIpc) is 2.45. The molecule has 0 aliphatic rings. The summed E-state index contributed by atoms with van der Waals surface area (Å²) in [5.41, 5.74) is 0.916. The first kappa shape index (κ1) is 16.6. The Morgan fingerprint density at radius 2 is 1.85 bits per heavy atom. The van der Waals surface area contributed by atoms with Crippen molar-refractivity contribution in [1.82, 2.24) is 0 Å². The number of nitrogens with zero attached hydrogens (tertiary/aromatic N) is 1. The van der Waals surface area contributed by atoms with Crippen LogP contribution in [0.25, 0.3) is 6.08 Å². The number of hydrogen-bond donors (Lipinski definition) is 0. The second-order valence-corrected chi connectivity index (χ2v) is 5.33. The number of phosphoric acid groups is 1. The van der Waals surface area contributed by atoms with Crippen molar-refractivity contribution >= 4 is 13.9 Å². The predicted molar refractivity (Wildman–Crippen MR) is 76.8 cm³/mol. The van der Waals surface area contributed by atoms with Gasteiger partial charge in [0.15, 0.2) is 6.10 Å². The number of nitriles is 1. The van der Waals surface area contributed by atoms with Gasteiger partial charge in [-0.1, -0.05) is 36.4 Å². The van der Waals surface area contributed by atoms with Crippen LogP contribution in [0.1, 0.15) is 19.4 Å². The van der Waals surface area contributed by atoms with Crippen molar-refractivity contribution in [2.75, 3.05) is 13.2 Å². The summed E-state index contributed by atoms with van der Waals surface area (Å²) < 4.78 is 27.3. The second kappa shape index (κ2) is 8.68. The second-order valence-electron chi connectivity index (χ2n) is 3.71. The summed E-state index contributed by atoms with van der Waals surface area (Å²) in [6.45, 7) is 3.71. The Kier molecular flexibility index (Phi) is 7.21. The molecule has 0 aliphatic heterocycles. The van der Waals surface area contributed by atoms with Gasteiger partial charge in [-0.25, -0.2) is 4.57 Å². The van der Waals surface area contributed by atoms with Crippen LogP contribution in [-0.2, 0) is 18.1 Å². The van der Waals surface area contributed by atoms with Crippen molar-refractivity contribution in [2.45, 2.75) is 20.0 Å². The Bertz CT molecular complexity index is 500. The lowest BCUT2D eigenvalue weighted by Gasteiger charge is -2.17. The van der Waals surface area contributed by atoms with Gasteiger partial charge >= 0.3 is 7.82 Å². The zero-order chi connectivity index (χ0) is 14.8. The average molecular weight is 295 g/mol. The zero-order valence-corrected chi connectivity index (χ0v) is 12.5. The molecule has 0 aliphatic carbocycles. The van der Waals surface area contributed by atoms with Gasteiger partial charge in [0, 0.05) is 0 Å². The lowest BCUT2D eigenvalue weighted by atomic mass is 10.2. The van der Waals surface area contributed by atoms with Crippen molar-refractivity contribution in [3.8, 4) is 6.07 Å². The van der Waals surface area contributed by atoms with Crippen molar-refractivity contribution < 1.29 is 18.1 Å². The van der Waals surface area contributed by atoms with Crippen LogP contribution in [-0.4, -0.2) is 19.3 Å². The maximum atomic E-state index is 12.1. The van der Waals surface area contributed by atoms with E-state index in [-0.39, 0.29) is 13.2 Å². The summed E-state index contributed by atoms with van der Waals surface area (Å²) in [6.07, 6.45) is 2.23. The highest BCUT2D eigenvalue weighted by molar-refractivity contribution is 7.48. The molecule has 1 atom stereocenters. The third-order valence-corrected chi connectivity index (χ3v) is 3.84. The van der Waals surface area contributed by atoms with Gasteiger partial charge in [-0.2, -0.15) is 5.26 Å². The topological polar surface area (TPSA) is 68.6 Å². The first-order valence-electron chi connectivity index (χ1n) is 6.34. The predicted octanol–water partition coefficient (Wildman–Crippen LogP) is 3.79. The highest BCUT2D eigenvalue weighted by Crippen LogP contribution is 2.50. The molecule has 0 heterocycles. The van der Waals surface area contributed by atoms with Crippen molar-refractivity contribution in [3.05, 3.63) is 42.0 Å². The molecular weight excluding hydrogens is 277 g/mol. The van der Waals surface area contributed by atoms with Crippen LogP contribution in [0, 0.1) is 11.3 Å². The third-order valence-electron chi connectivity index (χ3n) is 2.21. The minimum Gasteiger partial charge on any atom is -0.287 e. The molecule has 0 fully saturated rings. The van der Waals surface area contributed by atoms with E-state index in [0.717, 1.165) is 5.56 Å². The van der Waals surface area contributed by atoms with Crippen LogP contribution in [0.4, 0.5) is 0 Å². The van der Waals surface area contributed by atoms with E-state index >= 15 is 0 Å². The summed E-state index contributed by atoms with van der Waals surface area (Å²) in [4.78, 5) is 0. The van der Waals surface area contributed by atoms with E-state index in [2.05, 4.69) is 0 Å². The highest BCUT2D eigenvalue weighted by Gasteiger charge is 2.28. The molecule has 0 spiro atoms. The van der Waals surface area contributed by atoms with E-state index in [1.165, 1.54) is 6.08 Å². The van der Waals surface area contributed by atoms with Crippen LogP contribution < -0.4 is 0 Å². The molecule has 0 aromatic heterocycles. The molecule has 1 aromatic carbocycles.